The molecule has 5 aromatic rings. The second-order valence-electron chi connectivity index (χ2n) is 9.17. The number of carbonyl (C=O) groups is 1. The molecule has 5 rings (SSSR count). The van der Waals surface area contributed by atoms with Gasteiger partial charge in [-0.3, -0.25) is 0 Å². The quantitative estimate of drug-likeness (QED) is 0.192. The molecule has 0 saturated heterocycles. The van der Waals surface area contributed by atoms with E-state index in [1.165, 1.54) is 0 Å². The summed E-state index contributed by atoms with van der Waals surface area (Å²) < 4.78 is 8.06. The normalized spacial score (nSPS) is 11.2. The lowest BCUT2D eigenvalue weighted by molar-refractivity contribution is 0.0697. The van der Waals surface area contributed by atoms with Crippen molar-refractivity contribution in [2.75, 3.05) is 0 Å². The number of aryl methyl sites for hydroxylation is 1. The van der Waals surface area contributed by atoms with E-state index in [1.54, 1.807) is 30.3 Å². The van der Waals surface area contributed by atoms with E-state index in [-0.39, 0.29) is 5.56 Å². The van der Waals surface area contributed by atoms with Crippen molar-refractivity contribution in [1.82, 2.24) is 9.55 Å². The van der Waals surface area contributed by atoms with Crippen LogP contribution in [0.4, 0.5) is 0 Å². The van der Waals surface area contributed by atoms with Gasteiger partial charge in [-0.05, 0) is 83.8 Å². The first-order valence-electron chi connectivity index (χ1n) is 12.8. The van der Waals surface area contributed by atoms with E-state index in [2.05, 4.69) is 29.7 Å². The van der Waals surface area contributed by atoms with E-state index in [1.807, 2.05) is 60.8 Å². The van der Waals surface area contributed by atoms with E-state index >= 15 is 0 Å². The van der Waals surface area contributed by atoms with Gasteiger partial charge >= 0.3 is 5.97 Å². The van der Waals surface area contributed by atoms with Gasteiger partial charge in [0.05, 0.1) is 16.3 Å². The molecule has 0 aliphatic heterocycles. The number of hydrogen-bond donors (Lipinski definition) is 1. The summed E-state index contributed by atoms with van der Waals surface area (Å²) in [6.45, 7) is 3.20. The monoisotopic (exact) mass is 568 g/mol. The van der Waals surface area contributed by atoms with E-state index in [4.69, 9.17) is 38.0 Å². The number of halogens is 2. The second-order valence-corrected chi connectivity index (χ2v) is 10.0. The summed E-state index contributed by atoms with van der Waals surface area (Å²) in [5.74, 6) is 0.625. The van der Waals surface area contributed by atoms with Crippen molar-refractivity contribution in [3.63, 3.8) is 0 Å². The number of ether oxygens (including phenoxy) is 1. The molecule has 0 fully saturated rings. The maximum Gasteiger partial charge on any atom is 0.335 e. The van der Waals surface area contributed by atoms with Crippen molar-refractivity contribution >= 4 is 41.3 Å². The number of carboxylic acid groups (broad SMARTS) is 1. The molecule has 1 aromatic heterocycles. The highest BCUT2D eigenvalue weighted by Crippen LogP contribution is 2.30. The summed E-state index contributed by atoms with van der Waals surface area (Å²) in [5, 5.41) is 10.2. The minimum Gasteiger partial charge on any atom is -0.489 e. The molecule has 0 amide bonds. The zero-order valence-electron chi connectivity index (χ0n) is 21.7. The van der Waals surface area contributed by atoms with Gasteiger partial charge in [0.2, 0.25) is 0 Å². The predicted octanol–water partition coefficient (Wildman–Crippen LogP) is 8.99. The Bertz CT molecular complexity index is 1690. The van der Waals surface area contributed by atoms with Crippen LogP contribution in [0.2, 0.25) is 10.0 Å². The highest BCUT2D eigenvalue weighted by molar-refractivity contribution is 6.36. The van der Waals surface area contributed by atoms with Gasteiger partial charge in [-0.2, -0.15) is 0 Å². The molecule has 0 bridgehead atoms. The van der Waals surface area contributed by atoms with E-state index < -0.39 is 5.97 Å². The number of nitrogens with zero attached hydrogens (tertiary/aromatic N) is 2. The molecule has 0 spiro atoms. The number of hydrogen-bond acceptors (Lipinski definition) is 3. The zero-order valence-corrected chi connectivity index (χ0v) is 23.2. The maximum absolute atomic E-state index is 11.1. The molecule has 1 N–H and O–H groups in total. The molecule has 0 aliphatic rings. The molecule has 200 valence electrons. The second kappa shape index (κ2) is 12.2. The Hall–Kier alpha value is -4.32. The van der Waals surface area contributed by atoms with Crippen LogP contribution >= 0.6 is 23.2 Å². The smallest absolute Gasteiger partial charge is 0.335 e. The van der Waals surface area contributed by atoms with Crippen molar-refractivity contribution < 1.29 is 14.6 Å². The number of aromatic nitrogens is 2. The summed E-state index contributed by atoms with van der Waals surface area (Å²) in [4.78, 5) is 15.9. The Labute approximate surface area is 242 Å². The summed E-state index contributed by atoms with van der Waals surface area (Å²) >= 11 is 12.5. The Morgan fingerprint density at radius 1 is 0.925 bits per heavy atom. The average molecular weight is 569 g/mol. The maximum atomic E-state index is 11.1. The van der Waals surface area contributed by atoms with Crippen LogP contribution < -0.4 is 4.74 Å². The van der Waals surface area contributed by atoms with Gasteiger partial charge in [0.1, 0.15) is 18.2 Å². The minimum absolute atomic E-state index is 0.254. The molecule has 0 unspecified atom stereocenters. The molecule has 1 heterocycles. The first-order chi connectivity index (χ1) is 19.4. The van der Waals surface area contributed by atoms with Gasteiger partial charge in [0.25, 0.3) is 0 Å². The number of imidazole rings is 1. The third kappa shape index (κ3) is 6.45. The van der Waals surface area contributed by atoms with E-state index in [0.29, 0.717) is 16.7 Å². The lowest BCUT2D eigenvalue weighted by atomic mass is 10.0. The van der Waals surface area contributed by atoms with Crippen molar-refractivity contribution in [2.24, 2.45) is 0 Å². The lowest BCUT2D eigenvalue weighted by Crippen LogP contribution is -1.99. The predicted molar refractivity (Wildman–Crippen MR) is 162 cm³/mol. The number of carboxylic acids is 1. The zero-order chi connectivity index (χ0) is 28.1. The minimum atomic E-state index is -0.944. The van der Waals surface area contributed by atoms with Crippen LogP contribution in [0, 0.1) is 0 Å². The molecular formula is C33H26Cl2N2O3. The van der Waals surface area contributed by atoms with Crippen LogP contribution in [0.15, 0.2) is 97.2 Å². The summed E-state index contributed by atoms with van der Waals surface area (Å²) in [6.07, 6.45) is 6.05. The van der Waals surface area contributed by atoms with E-state index in [0.717, 1.165) is 51.6 Å². The Balaban J connectivity index is 1.32. The average Bonchev–Trinajstić information content (AvgIpc) is 3.38. The molecule has 40 heavy (non-hydrogen) atoms. The van der Waals surface area contributed by atoms with Crippen LogP contribution in [0.5, 0.6) is 5.75 Å². The highest BCUT2D eigenvalue weighted by atomic mass is 35.5. The van der Waals surface area contributed by atoms with Crippen LogP contribution in [0.1, 0.15) is 34.2 Å². The standard InChI is InChI=1S/C33H26Cl2N2O3/c1-2-37-20-31(29-15-14-27(34)19-30(29)35)36-32(37)16-11-22-5-3-6-25(17-22)26-7-4-8-28(18-26)40-21-23-9-12-24(13-10-23)33(38)39/h3-20H,2,21H2,1H3,(H,38,39)/b16-11+. The first kappa shape index (κ1) is 27.3. The molecule has 0 radical (unpaired) electrons. The largest absolute Gasteiger partial charge is 0.489 e. The first-order valence-corrected chi connectivity index (χ1v) is 13.5. The summed E-state index contributed by atoms with van der Waals surface area (Å²) in [6, 6.07) is 28.3. The van der Waals surface area contributed by atoms with Crippen LogP contribution in [0.3, 0.4) is 0 Å². The topological polar surface area (TPSA) is 64.4 Å². The van der Waals surface area contributed by atoms with Crippen LogP contribution in [-0.4, -0.2) is 20.6 Å². The highest BCUT2D eigenvalue weighted by Gasteiger charge is 2.11. The SMILES string of the molecule is CCn1cc(-c2ccc(Cl)cc2Cl)nc1/C=C/c1cccc(-c2cccc(OCc3ccc(C(=O)O)cc3)c2)c1. The number of rotatable bonds is 9. The van der Waals surface area contributed by atoms with Crippen molar-refractivity contribution in [3.05, 3.63) is 130 Å². The van der Waals surface area contributed by atoms with Gasteiger partial charge < -0.3 is 14.4 Å². The number of aromatic carboxylic acids is 1. The fourth-order valence-corrected chi connectivity index (χ4v) is 4.82. The molecular weight excluding hydrogens is 543 g/mol. The molecule has 7 heteroatoms. The molecule has 5 nitrogen and oxygen atoms in total. The fourth-order valence-electron chi connectivity index (χ4n) is 4.31. The van der Waals surface area contributed by atoms with Crippen LogP contribution in [-0.2, 0) is 13.2 Å². The van der Waals surface area contributed by atoms with Crippen molar-refractivity contribution in [3.8, 4) is 28.1 Å². The van der Waals surface area contributed by atoms with Gasteiger partial charge in [0, 0.05) is 23.3 Å². The Kier molecular flexibility index (Phi) is 8.34. The van der Waals surface area contributed by atoms with Gasteiger partial charge in [-0.25, -0.2) is 9.78 Å². The third-order valence-electron chi connectivity index (χ3n) is 6.44. The molecule has 4 aromatic carbocycles. The Morgan fingerprint density at radius 3 is 2.40 bits per heavy atom. The van der Waals surface area contributed by atoms with Crippen molar-refractivity contribution in [1.29, 1.82) is 0 Å². The van der Waals surface area contributed by atoms with E-state index in [9.17, 15) is 4.79 Å². The molecule has 0 saturated carbocycles. The number of benzene rings is 4. The fraction of sp³-hybridized carbons (Fsp3) is 0.0909. The molecule has 0 aliphatic carbocycles. The van der Waals surface area contributed by atoms with Gasteiger partial charge in [-0.15, -0.1) is 0 Å². The van der Waals surface area contributed by atoms with Gasteiger partial charge in [0.15, 0.2) is 0 Å². The van der Waals surface area contributed by atoms with Gasteiger partial charge in [-0.1, -0.05) is 71.7 Å². The Morgan fingerprint density at radius 2 is 1.68 bits per heavy atom. The van der Waals surface area contributed by atoms with Crippen molar-refractivity contribution in [2.45, 2.75) is 20.1 Å². The lowest BCUT2D eigenvalue weighted by Gasteiger charge is -2.09. The summed E-state index contributed by atoms with van der Waals surface area (Å²) in [5.41, 5.74) is 5.92. The summed E-state index contributed by atoms with van der Waals surface area (Å²) in [7, 11) is 0. The molecule has 0 atom stereocenters. The van der Waals surface area contributed by atoms with Crippen LogP contribution in [0.25, 0.3) is 34.5 Å². The third-order valence-corrected chi connectivity index (χ3v) is 6.99.